The van der Waals surface area contributed by atoms with Gasteiger partial charge in [0.05, 0.1) is 25.2 Å². The lowest BCUT2D eigenvalue weighted by Gasteiger charge is -2.26. The van der Waals surface area contributed by atoms with Crippen molar-refractivity contribution < 1.29 is 17.5 Å². The quantitative estimate of drug-likeness (QED) is 0.0925. The highest BCUT2D eigenvalue weighted by molar-refractivity contribution is 7.79. The van der Waals surface area contributed by atoms with Gasteiger partial charge in [-0.05, 0) is 47.2 Å². The van der Waals surface area contributed by atoms with Crippen molar-refractivity contribution in [2.24, 2.45) is 32.9 Å². The molecular weight excluding hydrogens is 616 g/mol. The van der Waals surface area contributed by atoms with Crippen LogP contribution in [0.4, 0.5) is 11.4 Å². The lowest BCUT2D eigenvalue weighted by Crippen LogP contribution is -2.35. The van der Waals surface area contributed by atoms with E-state index in [1.165, 1.54) is 33.6 Å². The summed E-state index contributed by atoms with van der Waals surface area (Å²) < 4.78 is 31.6. The van der Waals surface area contributed by atoms with Crippen molar-refractivity contribution in [1.29, 1.82) is 0 Å². The van der Waals surface area contributed by atoms with E-state index in [1.54, 1.807) is 0 Å². The SMILES string of the molecule is NC(N)=NCC1Cc2ccccc2N1Cc1ccccc1.NC(N)=NCC1Cc2ccccc2N1Cc1ccccc1.O=S(=O)(O)O. The molecule has 0 bridgehead atoms. The summed E-state index contributed by atoms with van der Waals surface area (Å²) in [4.78, 5) is 13.2. The molecule has 2 aliphatic rings. The summed E-state index contributed by atoms with van der Waals surface area (Å²) in [5.74, 6) is 0.316. The molecule has 47 heavy (non-hydrogen) atoms. The van der Waals surface area contributed by atoms with Crippen molar-refractivity contribution in [3.05, 3.63) is 131 Å². The van der Waals surface area contributed by atoms with Crippen molar-refractivity contribution >= 4 is 33.7 Å². The van der Waals surface area contributed by atoms with Gasteiger partial charge in [0.1, 0.15) is 0 Å². The molecule has 0 aliphatic carbocycles. The Morgan fingerprint density at radius 3 is 1.26 bits per heavy atom. The third-order valence-electron chi connectivity index (χ3n) is 7.76. The van der Waals surface area contributed by atoms with Crippen LogP contribution >= 0.6 is 0 Å². The summed E-state index contributed by atoms with van der Waals surface area (Å²) in [5, 5.41) is 0. The highest BCUT2D eigenvalue weighted by Gasteiger charge is 2.29. The Hall–Kier alpha value is -5.11. The van der Waals surface area contributed by atoms with E-state index in [1.807, 2.05) is 12.1 Å². The summed E-state index contributed by atoms with van der Waals surface area (Å²) in [5.41, 5.74) is 29.8. The fourth-order valence-corrected chi connectivity index (χ4v) is 5.79. The first-order valence-corrected chi connectivity index (χ1v) is 16.4. The fraction of sp³-hybridized carbons (Fsp3) is 0.235. The maximum absolute atomic E-state index is 8.74. The molecule has 0 radical (unpaired) electrons. The zero-order chi connectivity index (χ0) is 33.8. The minimum absolute atomic E-state index is 0.158. The largest absolute Gasteiger partial charge is 0.394 e. The summed E-state index contributed by atoms with van der Waals surface area (Å²) in [7, 11) is -4.67. The number of hydrogen-bond donors (Lipinski definition) is 6. The molecule has 4 aromatic carbocycles. The van der Waals surface area contributed by atoms with Gasteiger partial charge in [0.2, 0.25) is 0 Å². The van der Waals surface area contributed by atoms with E-state index < -0.39 is 10.4 Å². The molecular formula is C34H42N8O4S. The number of rotatable bonds is 8. The van der Waals surface area contributed by atoms with Gasteiger partial charge in [0.15, 0.2) is 11.9 Å². The first kappa shape index (κ1) is 34.8. The van der Waals surface area contributed by atoms with Crippen molar-refractivity contribution in [2.45, 2.75) is 38.0 Å². The number of benzene rings is 4. The van der Waals surface area contributed by atoms with Crippen LogP contribution in [0.3, 0.4) is 0 Å². The maximum Gasteiger partial charge on any atom is 0.394 e. The molecule has 0 fully saturated rings. The third kappa shape index (κ3) is 11.0. The van der Waals surface area contributed by atoms with E-state index >= 15 is 0 Å². The Labute approximate surface area is 276 Å². The summed E-state index contributed by atoms with van der Waals surface area (Å²) in [6.45, 7) is 3.01. The Morgan fingerprint density at radius 1 is 0.596 bits per heavy atom. The normalized spacial score (nSPS) is 16.0. The van der Waals surface area contributed by atoms with Crippen LogP contribution in [0.25, 0.3) is 0 Å². The molecule has 0 saturated carbocycles. The zero-order valence-corrected chi connectivity index (χ0v) is 26.8. The number of fused-ring (bicyclic) bond motifs is 2. The molecule has 10 N–H and O–H groups in total. The molecule has 13 heteroatoms. The van der Waals surface area contributed by atoms with Crippen LogP contribution in [0, 0.1) is 0 Å². The number of hydrogen-bond acceptors (Lipinski definition) is 6. The van der Waals surface area contributed by atoms with Gasteiger partial charge in [-0.1, -0.05) is 97.1 Å². The number of para-hydroxylation sites is 2. The topological polar surface area (TPSA) is 210 Å². The summed E-state index contributed by atoms with van der Waals surface area (Å²) >= 11 is 0. The molecule has 2 unspecified atom stereocenters. The second kappa shape index (κ2) is 16.5. The van der Waals surface area contributed by atoms with Gasteiger partial charge >= 0.3 is 10.4 Å². The summed E-state index contributed by atoms with van der Waals surface area (Å²) in [6, 6.07) is 38.6. The lowest BCUT2D eigenvalue weighted by atomic mass is 10.1. The zero-order valence-electron chi connectivity index (χ0n) is 26.0. The predicted octanol–water partition coefficient (Wildman–Crippen LogP) is 3.13. The van der Waals surface area contributed by atoms with Crippen molar-refractivity contribution in [3.63, 3.8) is 0 Å². The van der Waals surface area contributed by atoms with E-state index in [9.17, 15) is 0 Å². The van der Waals surface area contributed by atoms with Crippen molar-refractivity contribution in [2.75, 3.05) is 22.9 Å². The minimum atomic E-state index is -4.67. The average molecular weight is 659 g/mol. The van der Waals surface area contributed by atoms with E-state index in [4.69, 9.17) is 40.5 Å². The molecule has 2 atom stereocenters. The van der Waals surface area contributed by atoms with Gasteiger partial charge in [-0.25, -0.2) is 0 Å². The minimum Gasteiger partial charge on any atom is -0.370 e. The molecule has 0 amide bonds. The van der Waals surface area contributed by atoms with Crippen LogP contribution in [-0.4, -0.2) is 54.6 Å². The van der Waals surface area contributed by atoms with Crippen LogP contribution < -0.4 is 32.7 Å². The number of anilines is 2. The number of aliphatic imine (C=N–C) groups is 2. The number of nitrogens with zero attached hydrogens (tertiary/aromatic N) is 4. The van der Waals surface area contributed by atoms with Gasteiger partial charge in [-0.3, -0.25) is 19.1 Å². The van der Waals surface area contributed by atoms with Gasteiger partial charge in [0, 0.05) is 24.5 Å². The van der Waals surface area contributed by atoms with Crippen LogP contribution in [0.2, 0.25) is 0 Å². The Bertz CT molecular complexity index is 1620. The molecule has 0 spiro atoms. The van der Waals surface area contributed by atoms with Crippen LogP contribution in [0.5, 0.6) is 0 Å². The number of nitrogens with two attached hydrogens (primary N) is 4. The molecule has 12 nitrogen and oxygen atoms in total. The molecule has 2 aliphatic heterocycles. The maximum atomic E-state index is 8.74. The van der Waals surface area contributed by atoms with Gasteiger partial charge in [-0.15, -0.1) is 0 Å². The molecule has 0 aromatic heterocycles. The second-order valence-corrected chi connectivity index (χ2v) is 12.1. The Morgan fingerprint density at radius 2 is 0.915 bits per heavy atom. The first-order valence-electron chi connectivity index (χ1n) is 15.1. The second-order valence-electron chi connectivity index (χ2n) is 11.2. The predicted molar refractivity (Wildman–Crippen MR) is 189 cm³/mol. The van der Waals surface area contributed by atoms with Crippen LogP contribution in [-0.2, 0) is 36.3 Å². The average Bonchev–Trinajstić information content (AvgIpc) is 3.57. The fourth-order valence-electron chi connectivity index (χ4n) is 5.79. The van der Waals surface area contributed by atoms with Gasteiger partial charge in [0.25, 0.3) is 0 Å². The van der Waals surface area contributed by atoms with E-state index in [0.29, 0.717) is 25.2 Å². The Kier molecular flexibility index (Phi) is 12.2. The molecule has 248 valence electrons. The molecule has 4 aromatic rings. The van der Waals surface area contributed by atoms with Crippen LogP contribution in [0.15, 0.2) is 119 Å². The first-order chi connectivity index (χ1) is 22.5. The third-order valence-corrected chi connectivity index (χ3v) is 7.76. The highest BCUT2D eigenvalue weighted by atomic mass is 32.3. The number of guanidine groups is 2. The Balaban J connectivity index is 0.000000186. The molecule has 0 saturated heterocycles. The lowest BCUT2D eigenvalue weighted by molar-refractivity contribution is 0.381. The van der Waals surface area contributed by atoms with Gasteiger partial charge in [-0.2, -0.15) is 8.42 Å². The standard InChI is InChI=1S/2C17H20N4.H2O4S/c2*18-17(19)20-11-15-10-14-8-4-5-9-16(14)21(15)12-13-6-2-1-3-7-13;1-5(2,3)4/h2*1-9,15H,10-12H2,(H4,18,19,20);(H2,1,2,3,4). The van der Waals surface area contributed by atoms with Crippen molar-refractivity contribution in [3.8, 4) is 0 Å². The molecule has 2 heterocycles. The highest BCUT2D eigenvalue weighted by Crippen LogP contribution is 2.34. The van der Waals surface area contributed by atoms with Crippen LogP contribution in [0.1, 0.15) is 22.3 Å². The van der Waals surface area contributed by atoms with E-state index in [0.717, 1.165) is 25.9 Å². The van der Waals surface area contributed by atoms with E-state index in [2.05, 4.69) is 117 Å². The van der Waals surface area contributed by atoms with Gasteiger partial charge < -0.3 is 32.7 Å². The van der Waals surface area contributed by atoms with E-state index in [-0.39, 0.29) is 11.9 Å². The summed E-state index contributed by atoms with van der Waals surface area (Å²) in [6.07, 6.45) is 1.97. The smallest absolute Gasteiger partial charge is 0.370 e. The monoisotopic (exact) mass is 658 g/mol. The molecule has 6 rings (SSSR count). The van der Waals surface area contributed by atoms with Crippen molar-refractivity contribution in [1.82, 2.24) is 0 Å².